The van der Waals surface area contributed by atoms with Crippen LogP contribution >= 0.6 is 0 Å². The molecule has 0 unspecified atom stereocenters. The summed E-state index contributed by atoms with van der Waals surface area (Å²) in [4.78, 5) is 0.0161. The minimum absolute atomic E-state index is 0. The summed E-state index contributed by atoms with van der Waals surface area (Å²) in [6.45, 7) is 4.45. The molecule has 0 amide bonds. The third-order valence-electron chi connectivity index (χ3n) is 6.53. The van der Waals surface area contributed by atoms with Crippen LogP contribution in [0.2, 0.25) is 0 Å². The quantitative estimate of drug-likeness (QED) is 0.104. The molecular weight excluding hydrogens is 570 g/mol. The van der Waals surface area contributed by atoms with Gasteiger partial charge >= 0.3 is 48.9 Å². The first-order valence-electron chi connectivity index (χ1n) is 13.0. The van der Waals surface area contributed by atoms with E-state index >= 15 is 0 Å². The van der Waals surface area contributed by atoms with Crippen LogP contribution in [-0.4, -0.2) is 67.3 Å². The molecule has 188 valence electrons. The van der Waals surface area contributed by atoms with Crippen molar-refractivity contribution in [1.29, 1.82) is 0 Å². The smallest absolute Gasteiger partial charge is 0.870 e. The normalized spacial score (nSPS) is 11.3. The Balaban J connectivity index is 0.00000544. The molecule has 2 aromatic rings. The number of rotatable bonds is 17. The Bertz CT molecular complexity index is 912. The SMILES string of the molecule is CCCCCCCCCc1ccc2c(CCCCCCCCC)cccc2c1S(=O)(=O)[O-].[Ba+2].[OH-]. The van der Waals surface area contributed by atoms with Gasteiger partial charge in [0.1, 0.15) is 10.1 Å². The number of hydrogen-bond acceptors (Lipinski definition) is 4. The van der Waals surface area contributed by atoms with E-state index in [0.29, 0.717) is 17.4 Å². The Hall–Kier alpha value is 0.141. The molecule has 6 heteroatoms. The summed E-state index contributed by atoms with van der Waals surface area (Å²) in [5.74, 6) is 0. The van der Waals surface area contributed by atoms with Crippen molar-refractivity contribution >= 4 is 69.8 Å². The number of benzene rings is 2. The van der Waals surface area contributed by atoms with Gasteiger partial charge in [0.05, 0.1) is 4.90 Å². The summed E-state index contributed by atoms with van der Waals surface area (Å²) in [7, 11) is -4.52. The maximum atomic E-state index is 12.2. The summed E-state index contributed by atoms with van der Waals surface area (Å²) < 4.78 is 36.6. The van der Waals surface area contributed by atoms with Gasteiger partial charge < -0.3 is 10.0 Å². The first-order valence-corrected chi connectivity index (χ1v) is 14.4. The van der Waals surface area contributed by atoms with E-state index in [1.165, 1.54) is 70.6 Å². The zero-order chi connectivity index (χ0) is 23.2. The second kappa shape index (κ2) is 19.3. The van der Waals surface area contributed by atoms with Crippen LogP contribution in [-0.2, 0) is 23.0 Å². The third-order valence-corrected chi connectivity index (χ3v) is 7.52. The van der Waals surface area contributed by atoms with Gasteiger partial charge in [-0.2, -0.15) is 0 Å². The summed E-state index contributed by atoms with van der Waals surface area (Å²) in [6, 6.07) is 9.72. The molecule has 34 heavy (non-hydrogen) atoms. The summed E-state index contributed by atoms with van der Waals surface area (Å²) in [6.07, 6.45) is 18.6. The van der Waals surface area contributed by atoms with Crippen LogP contribution < -0.4 is 0 Å². The Morgan fingerprint density at radius 3 is 1.59 bits per heavy atom. The van der Waals surface area contributed by atoms with Crippen molar-refractivity contribution < 1.29 is 18.4 Å². The summed E-state index contributed by atoms with van der Waals surface area (Å²) in [5, 5.41) is 1.54. The number of hydrogen-bond donors (Lipinski definition) is 0. The molecule has 0 aliphatic carbocycles. The molecule has 0 spiro atoms. The molecule has 0 radical (unpaired) electrons. The van der Waals surface area contributed by atoms with Crippen molar-refractivity contribution in [3.05, 3.63) is 41.5 Å². The molecular formula is C28H44BaO4S. The second-order valence-corrected chi connectivity index (χ2v) is 10.6. The monoisotopic (exact) mass is 614 g/mol. The van der Waals surface area contributed by atoms with E-state index in [1.54, 1.807) is 0 Å². The van der Waals surface area contributed by atoms with Gasteiger partial charge in [-0.1, -0.05) is 121 Å². The zero-order valence-corrected chi connectivity index (χ0v) is 26.7. The predicted octanol–water partition coefficient (Wildman–Crippen LogP) is 7.77. The summed E-state index contributed by atoms with van der Waals surface area (Å²) in [5.41, 5.74) is 1.84. The van der Waals surface area contributed by atoms with Gasteiger partial charge in [0.25, 0.3) is 0 Å². The van der Waals surface area contributed by atoms with Crippen molar-refractivity contribution in [2.24, 2.45) is 0 Å². The van der Waals surface area contributed by atoms with E-state index in [9.17, 15) is 13.0 Å². The Kier molecular flexibility index (Phi) is 19.4. The average Bonchev–Trinajstić information content (AvgIpc) is 2.76. The van der Waals surface area contributed by atoms with E-state index in [0.717, 1.165) is 36.6 Å². The minimum Gasteiger partial charge on any atom is -0.870 e. The molecule has 1 N–H and O–H groups in total. The first-order chi connectivity index (χ1) is 15.5. The van der Waals surface area contributed by atoms with Gasteiger partial charge in [0.15, 0.2) is 0 Å². The summed E-state index contributed by atoms with van der Waals surface area (Å²) >= 11 is 0. The van der Waals surface area contributed by atoms with Gasteiger partial charge in [0, 0.05) is 0 Å². The Morgan fingerprint density at radius 1 is 0.618 bits per heavy atom. The van der Waals surface area contributed by atoms with Gasteiger partial charge in [0.2, 0.25) is 0 Å². The maximum Gasteiger partial charge on any atom is 2.00 e. The average molecular weight is 614 g/mol. The van der Waals surface area contributed by atoms with E-state index in [-0.39, 0.29) is 59.3 Å². The number of aryl methyl sites for hydroxylation is 2. The van der Waals surface area contributed by atoms with Crippen molar-refractivity contribution in [2.75, 3.05) is 0 Å². The second-order valence-electron chi connectivity index (χ2n) is 9.26. The third kappa shape index (κ3) is 11.9. The maximum absolute atomic E-state index is 12.2. The Morgan fingerprint density at radius 2 is 1.09 bits per heavy atom. The fourth-order valence-electron chi connectivity index (χ4n) is 4.70. The fraction of sp³-hybridized carbons (Fsp3) is 0.643. The van der Waals surface area contributed by atoms with Crippen molar-refractivity contribution in [3.63, 3.8) is 0 Å². The predicted molar refractivity (Wildman–Crippen MR) is 143 cm³/mol. The van der Waals surface area contributed by atoms with Crippen LogP contribution in [0, 0.1) is 0 Å². The Labute approximate surface area is 248 Å². The number of fused-ring (bicyclic) bond motifs is 1. The van der Waals surface area contributed by atoms with Crippen molar-refractivity contribution in [2.45, 2.75) is 121 Å². The minimum atomic E-state index is -4.52. The van der Waals surface area contributed by atoms with E-state index in [2.05, 4.69) is 19.9 Å². The molecule has 0 atom stereocenters. The largest absolute Gasteiger partial charge is 2.00 e. The van der Waals surface area contributed by atoms with Crippen LogP contribution in [0.25, 0.3) is 10.8 Å². The zero-order valence-electron chi connectivity index (χ0n) is 21.5. The van der Waals surface area contributed by atoms with Crippen LogP contribution in [0.5, 0.6) is 0 Å². The number of unbranched alkanes of at least 4 members (excludes halogenated alkanes) is 12. The molecule has 0 saturated carbocycles. The molecule has 0 saturated heterocycles. The molecule has 2 aromatic carbocycles. The molecule has 0 aromatic heterocycles. The van der Waals surface area contributed by atoms with Gasteiger partial charge in [-0.05, 0) is 47.6 Å². The molecule has 0 heterocycles. The van der Waals surface area contributed by atoms with Gasteiger partial charge in [-0.15, -0.1) is 0 Å². The van der Waals surface area contributed by atoms with Gasteiger partial charge in [-0.25, -0.2) is 8.42 Å². The van der Waals surface area contributed by atoms with Gasteiger partial charge in [-0.3, -0.25) is 0 Å². The molecule has 0 bridgehead atoms. The molecule has 0 aliphatic heterocycles. The molecule has 4 nitrogen and oxygen atoms in total. The fourth-order valence-corrected chi connectivity index (χ4v) is 5.63. The molecule has 0 aliphatic rings. The van der Waals surface area contributed by atoms with Crippen LogP contribution in [0.4, 0.5) is 0 Å². The van der Waals surface area contributed by atoms with Crippen molar-refractivity contribution in [3.8, 4) is 0 Å². The van der Waals surface area contributed by atoms with E-state index in [4.69, 9.17) is 0 Å². The molecule has 0 fully saturated rings. The van der Waals surface area contributed by atoms with Crippen LogP contribution in [0.15, 0.2) is 35.2 Å². The van der Waals surface area contributed by atoms with Crippen molar-refractivity contribution in [1.82, 2.24) is 0 Å². The van der Waals surface area contributed by atoms with E-state index in [1.807, 2.05) is 24.3 Å². The van der Waals surface area contributed by atoms with Crippen LogP contribution in [0.3, 0.4) is 0 Å². The molecule has 2 rings (SSSR count). The van der Waals surface area contributed by atoms with Crippen LogP contribution in [0.1, 0.15) is 115 Å². The topological polar surface area (TPSA) is 87.2 Å². The first kappa shape index (κ1) is 34.1. The van der Waals surface area contributed by atoms with E-state index < -0.39 is 10.1 Å². The standard InChI is InChI=1S/C28H44O3S.Ba.H2O/c1-3-5-7-9-11-13-15-18-24-20-17-21-27-26(24)23-22-25(28(27)32(29,30)31)19-16-14-12-10-8-6-4-2;;/h17,20-23H,3-16,18-19H2,1-2H3,(H,29,30,31);;1H2/q;+2;/p-2.